The van der Waals surface area contributed by atoms with Crippen LogP contribution < -0.4 is 15.0 Å². The van der Waals surface area contributed by atoms with Gasteiger partial charge in [-0.05, 0) is 35.9 Å². The molecule has 1 heterocycles. The van der Waals surface area contributed by atoms with E-state index in [1.807, 2.05) is 0 Å². The van der Waals surface area contributed by atoms with Crippen molar-refractivity contribution >= 4 is 29.3 Å². The Morgan fingerprint density at radius 2 is 1.89 bits per heavy atom. The van der Waals surface area contributed by atoms with E-state index in [1.165, 1.54) is 29.2 Å². The Labute approximate surface area is 153 Å². The zero-order chi connectivity index (χ0) is 19.6. The number of fused-ring (bicyclic) bond motifs is 1. The van der Waals surface area contributed by atoms with Gasteiger partial charge in [-0.2, -0.15) is 13.2 Å². The smallest absolute Gasteiger partial charge is 0.409 e. The van der Waals surface area contributed by atoms with Crippen molar-refractivity contribution in [2.24, 2.45) is 0 Å². The van der Waals surface area contributed by atoms with Crippen LogP contribution in [0.4, 0.5) is 24.5 Å². The monoisotopic (exact) mass is 376 g/mol. The minimum atomic E-state index is -4.39. The third-order valence-electron chi connectivity index (χ3n) is 3.94. The van der Waals surface area contributed by atoms with Crippen LogP contribution in [0, 0.1) is 0 Å². The number of anilines is 2. The van der Waals surface area contributed by atoms with Gasteiger partial charge in [0, 0.05) is 24.4 Å². The fraction of sp³-hybridized carbons (Fsp3) is 0.158. The second-order valence-corrected chi connectivity index (χ2v) is 5.88. The second kappa shape index (κ2) is 7.14. The van der Waals surface area contributed by atoms with Crippen LogP contribution in [0.25, 0.3) is 6.08 Å². The largest absolute Gasteiger partial charge is 0.482 e. The molecule has 0 spiro atoms. The summed E-state index contributed by atoms with van der Waals surface area (Å²) in [6.45, 7) is -0.0374. The number of carbonyl (C=O) groups is 2. The number of amides is 2. The highest BCUT2D eigenvalue weighted by molar-refractivity contribution is 6.05. The molecule has 0 unspecified atom stereocenters. The van der Waals surface area contributed by atoms with Crippen LogP contribution in [0.1, 0.15) is 15.9 Å². The van der Waals surface area contributed by atoms with Crippen LogP contribution in [-0.2, 0) is 4.79 Å². The normalized spacial score (nSPS) is 14.1. The first-order chi connectivity index (χ1) is 12.7. The summed E-state index contributed by atoms with van der Waals surface area (Å²) in [7, 11) is 1.61. The molecule has 27 heavy (non-hydrogen) atoms. The quantitative estimate of drug-likeness (QED) is 0.885. The third kappa shape index (κ3) is 4.46. The molecule has 2 aromatic rings. The number of nitrogens with one attached hydrogen (secondary N) is 1. The molecule has 0 atom stereocenters. The molecule has 0 saturated carbocycles. The van der Waals surface area contributed by atoms with Gasteiger partial charge in [0.15, 0.2) is 6.61 Å². The number of rotatable bonds is 3. The summed E-state index contributed by atoms with van der Waals surface area (Å²) in [5, 5.41) is 2.69. The third-order valence-corrected chi connectivity index (χ3v) is 3.94. The van der Waals surface area contributed by atoms with Crippen molar-refractivity contribution in [2.75, 3.05) is 23.9 Å². The molecule has 2 aromatic carbocycles. The maximum absolute atomic E-state index is 12.3. The molecule has 0 aromatic heterocycles. The minimum Gasteiger partial charge on any atom is -0.482 e. The lowest BCUT2D eigenvalue weighted by Gasteiger charge is -2.26. The van der Waals surface area contributed by atoms with Crippen LogP contribution in [-0.4, -0.2) is 31.6 Å². The summed E-state index contributed by atoms with van der Waals surface area (Å²) < 4.78 is 41.9. The van der Waals surface area contributed by atoms with Crippen LogP contribution in [0.15, 0.2) is 48.5 Å². The maximum Gasteiger partial charge on any atom is 0.409 e. The van der Waals surface area contributed by atoms with Crippen molar-refractivity contribution < 1.29 is 27.5 Å². The highest BCUT2D eigenvalue weighted by atomic mass is 19.4. The molecular formula is C19H15F3N2O3. The molecular weight excluding hydrogens is 361 g/mol. The van der Waals surface area contributed by atoms with Crippen LogP contribution >= 0.6 is 0 Å². The van der Waals surface area contributed by atoms with E-state index in [4.69, 9.17) is 4.74 Å². The fourth-order valence-electron chi connectivity index (χ4n) is 2.49. The molecule has 0 aliphatic carbocycles. The van der Waals surface area contributed by atoms with E-state index >= 15 is 0 Å². The van der Waals surface area contributed by atoms with Gasteiger partial charge in [-0.15, -0.1) is 0 Å². The molecule has 1 N–H and O–H groups in total. The lowest BCUT2D eigenvalue weighted by molar-refractivity contribution is -0.121. The van der Waals surface area contributed by atoms with E-state index in [0.717, 1.165) is 6.08 Å². The first-order valence-corrected chi connectivity index (χ1v) is 7.94. The van der Waals surface area contributed by atoms with Gasteiger partial charge in [-0.3, -0.25) is 9.59 Å². The molecule has 140 valence electrons. The highest BCUT2D eigenvalue weighted by Crippen LogP contribution is 2.33. The predicted octanol–water partition coefficient (Wildman–Crippen LogP) is 3.87. The van der Waals surface area contributed by atoms with Gasteiger partial charge in [0.2, 0.25) is 0 Å². The van der Waals surface area contributed by atoms with Gasteiger partial charge in [0.05, 0.1) is 5.69 Å². The number of likely N-dealkylation sites (N-methyl/N-ethyl adjacent to an activating group) is 1. The Morgan fingerprint density at radius 1 is 1.19 bits per heavy atom. The Balaban J connectivity index is 1.72. The number of carbonyl (C=O) groups excluding carboxylic acids is 2. The number of alkyl halides is 3. The standard InChI is InChI=1S/C19H15F3N2O3/c1-24-15-10-14(6-7-16(15)27-11-17(24)25)23-18(26)13-4-2-12(3-5-13)8-9-19(20,21)22/h2-10H,11H2,1H3,(H,23,26). The molecule has 0 bridgehead atoms. The summed E-state index contributed by atoms with van der Waals surface area (Å²) in [6.07, 6.45) is -3.33. The molecule has 0 fully saturated rings. The highest BCUT2D eigenvalue weighted by Gasteiger charge is 2.23. The number of hydrogen-bond donors (Lipinski definition) is 1. The van der Waals surface area contributed by atoms with E-state index in [2.05, 4.69) is 5.32 Å². The van der Waals surface area contributed by atoms with Gasteiger partial charge in [0.25, 0.3) is 11.8 Å². The van der Waals surface area contributed by atoms with Gasteiger partial charge in [0.1, 0.15) is 5.75 Å². The van der Waals surface area contributed by atoms with Crippen LogP contribution in [0.2, 0.25) is 0 Å². The zero-order valence-electron chi connectivity index (χ0n) is 14.2. The first-order valence-electron chi connectivity index (χ1n) is 7.94. The first kappa shape index (κ1) is 18.5. The summed E-state index contributed by atoms with van der Waals surface area (Å²) in [5.74, 6) is -0.0867. The Hall–Kier alpha value is -3.29. The van der Waals surface area contributed by atoms with E-state index in [0.29, 0.717) is 22.7 Å². The number of ether oxygens (including phenoxy) is 1. The Kier molecular flexibility index (Phi) is 4.89. The number of hydrogen-bond acceptors (Lipinski definition) is 3. The maximum atomic E-state index is 12.3. The molecule has 5 nitrogen and oxygen atoms in total. The summed E-state index contributed by atoms with van der Waals surface area (Å²) in [6, 6.07) is 10.6. The number of benzene rings is 2. The zero-order valence-corrected chi connectivity index (χ0v) is 14.2. The van der Waals surface area contributed by atoms with E-state index in [-0.39, 0.29) is 24.2 Å². The summed E-state index contributed by atoms with van der Waals surface area (Å²) in [4.78, 5) is 25.5. The average molecular weight is 376 g/mol. The van der Waals surface area contributed by atoms with Crippen molar-refractivity contribution in [3.8, 4) is 5.75 Å². The summed E-state index contributed by atoms with van der Waals surface area (Å²) >= 11 is 0. The van der Waals surface area contributed by atoms with Crippen LogP contribution in [0.3, 0.4) is 0 Å². The topological polar surface area (TPSA) is 58.6 Å². The Bertz CT molecular complexity index is 905. The Morgan fingerprint density at radius 3 is 2.56 bits per heavy atom. The molecule has 0 radical (unpaired) electrons. The average Bonchev–Trinajstić information content (AvgIpc) is 2.63. The van der Waals surface area contributed by atoms with E-state index in [9.17, 15) is 22.8 Å². The molecule has 1 aliphatic rings. The van der Waals surface area contributed by atoms with Gasteiger partial charge < -0.3 is 15.0 Å². The fourth-order valence-corrected chi connectivity index (χ4v) is 2.49. The lowest BCUT2D eigenvalue weighted by Crippen LogP contribution is -2.35. The molecule has 0 saturated heterocycles. The minimum absolute atomic E-state index is 0.0374. The molecule has 1 aliphatic heterocycles. The van der Waals surface area contributed by atoms with Gasteiger partial charge in [-0.25, -0.2) is 0 Å². The lowest BCUT2D eigenvalue weighted by atomic mass is 10.1. The van der Waals surface area contributed by atoms with E-state index in [1.54, 1.807) is 25.2 Å². The molecule has 8 heteroatoms. The number of nitrogens with zero attached hydrogens (tertiary/aromatic N) is 1. The van der Waals surface area contributed by atoms with Gasteiger partial charge >= 0.3 is 6.18 Å². The van der Waals surface area contributed by atoms with Crippen molar-refractivity contribution in [3.63, 3.8) is 0 Å². The van der Waals surface area contributed by atoms with Crippen molar-refractivity contribution in [2.45, 2.75) is 6.18 Å². The summed E-state index contributed by atoms with van der Waals surface area (Å²) in [5.41, 5.74) is 1.62. The van der Waals surface area contributed by atoms with E-state index < -0.39 is 12.1 Å². The predicted molar refractivity (Wildman–Crippen MR) is 94.8 cm³/mol. The number of allylic oxidation sites excluding steroid dienone is 1. The second-order valence-electron chi connectivity index (χ2n) is 5.88. The number of halogens is 3. The molecule has 3 rings (SSSR count). The van der Waals surface area contributed by atoms with Crippen molar-refractivity contribution in [1.29, 1.82) is 0 Å². The van der Waals surface area contributed by atoms with Crippen LogP contribution in [0.5, 0.6) is 5.75 Å². The SMILES string of the molecule is CN1C(=O)COc2ccc(NC(=O)c3ccc(C=CC(F)(F)F)cc3)cc21. The van der Waals surface area contributed by atoms with Crippen molar-refractivity contribution in [1.82, 2.24) is 0 Å². The van der Waals surface area contributed by atoms with Gasteiger partial charge in [-0.1, -0.05) is 18.2 Å². The van der Waals surface area contributed by atoms with Crippen molar-refractivity contribution in [3.05, 3.63) is 59.7 Å². The molecule has 2 amide bonds.